The molecule has 3 rings (SSSR count). The number of fused-ring (bicyclic) bond motifs is 2. The van der Waals surface area contributed by atoms with Crippen molar-refractivity contribution in [1.82, 2.24) is 0 Å². The zero-order valence-corrected chi connectivity index (χ0v) is 26.5. The van der Waals surface area contributed by atoms with Crippen LogP contribution < -0.4 is 10.6 Å². The number of nitrogens with one attached hydrogen (secondary N) is 2. The number of anilines is 2. The molecule has 0 bridgehead atoms. The Morgan fingerprint density at radius 1 is 0.548 bits per heavy atom. The molecule has 2 aromatic rings. The van der Waals surface area contributed by atoms with Crippen LogP contribution in [0.2, 0.25) is 0 Å². The predicted octanol–water partition coefficient (Wildman–Crippen LogP) is 5.65. The number of carbonyl (C=O) groups is 4. The van der Waals surface area contributed by atoms with E-state index < -0.39 is 0 Å². The zero-order valence-electron chi connectivity index (χ0n) is 26.5. The van der Waals surface area contributed by atoms with Crippen LogP contribution in [0.15, 0.2) is 36.4 Å². The van der Waals surface area contributed by atoms with Crippen LogP contribution in [0.25, 0.3) is 0 Å². The molecule has 0 radical (unpaired) electrons. The van der Waals surface area contributed by atoms with E-state index in [-0.39, 0.29) is 34.5 Å². The number of carbonyl (C=O) groups excluding carboxylic acids is 4. The number of ketones is 2. The summed E-state index contributed by atoms with van der Waals surface area (Å²) in [6.07, 6.45) is 5.01. The Morgan fingerprint density at radius 3 is 1.19 bits per heavy atom. The van der Waals surface area contributed by atoms with Gasteiger partial charge < -0.3 is 19.6 Å². The summed E-state index contributed by atoms with van der Waals surface area (Å²) < 4.78 is 1.71. The highest BCUT2D eigenvalue weighted by atomic mass is 16.2. The predicted molar refractivity (Wildman–Crippen MR) is 169 cm³/mol. The fraction of sp³-hybridized carbons (Fsp3) is 0.529. The summed E-state index contributed by atoms with van der Waals surface area (Å²) in [6.45, 7) is 14.2. The van der Waals surface area contributed by atoms with Crippen LogP contribution in [0.1, 0.15) is 98.1 Å². The Morgan fingerprint density at radius 2 is 0.881 bits per heavy atom. The first kappa shape index (κ1) is 33.1. The Kier molecular flexibility index (Phi) is 11.6. The fourth-order valence-corrected chi connectivity index (χ4v) is 6.33. The van der Waals surface area contributed by atoms with Crippen LogP contribution in [0, 0.1) is 0 Å². The summed E-state index contributed by atoms with van der Waals surface area (Å²) in [5.74, 6) is -0.748. The van der Waals surface area contributed by atoms with Crippen LogP contribution in [0.5, 0.6) is 0 Å². The molecular weight excluding hydrogens is 528 g/mol. The normalized spacial score (nSPS) is 13.0. The van der Waals surface area contributed by atoms with Crippen LogP contribution in [0.3, 0.4) is 0 Å². The number of rotatable bonds is 16. The Labute approximate surface area is 251 Å². The van der Waals surface area contributed by atoms with Crippen molar-refractivity contribution in [2.75, 3.05) is 64.0 Å². The maximum atomic E-state index is 13.4. The Balaban J connectivity index is 1.68. The van der Waals surface area contributed by atoms with E-state index in [1.165, 1.54) is 0 Å². The quantitative estimate of drug-likeness (QED) is 0.215. The van der Waals surface area contributed by atoms with E-state index in [1.807, 2.05) is 0 Å². The molecule has 0 heterocycles. The molecule has 0 aliphatic heterocycles. The lowest BCUT2D eigenvalue weighted by Gasteiger charge is -2.34. The lowest BCUT2D eigenvalue weighted by Crippen LogP contribution is -2.46. The lowest BCUT2D eigenvalue weighted by molar-refractivity contribution is -0.909. The van der Waals surface area contributed by atoms with Gasteiger partial charge in [-0.2, -0.15) is 0 Å². The number of benzene rings is 2. The fourth-order valence-electron chi connectivity index (χ4n) is 6.33. The molecule has 42 heavy (non-hydrogen) atoms. The van der Waals surface area contributed by atoms with Gasteiger partial charge in [-0.15, -0.1) is 0 Å². The highest BCUT2D eigenvalue weighted by molar-refractivity contribution is 6.29. The standard InChI is InChI=1S/C34H48N4O4/c1-7-17-37(5,18-8-2)21-15-31(39)35-25-11-13-27-29(23-25)33(41)28-14-12-26(24-30(28)34(27)42)36-32(40)16-22-38(6,19-9-3)20-10-4/h11-14,23-24H,7-10,15-22H2,1-6H3/p+2. The van der Waals surface area contributed by atoms with Gasteiger partial charge in [-0.25, -0.2) is 0 Å². The monoisotopic (exact) mass is 578 g/mol. The average molecular weight is 579 g/mol. The van der Waals surface area contributed by atoms with Crippen LogP contribution >= 0.6 is 0 Å². The first-order valence-electron chi connectivity index (χ1n) is 15.6. The third-order valence-corrected chi connectivity index (χ3v) is 8.40. The van der Waals surface area contributed by atoms with Gasteiger partial charge in [-0.1, -0.05) is 27.7 Å². The molecule has 2 aromatic carbocycles. The van der Waals surface area contributed by atoms with Gasteiger partial charge in [0.15, 0.2) is 11.6 Å². The largest absolute Gasteiger partial charge is 0.326 e. The van der Waals surface area contributed by atoms with Gasteiger partial charge >= 0.3 is 0 Å². The van der Waals surface area contributed by atoms with Gasteiger partial charge in [0.1, 0.15) is 0 Å². The molecule has 0 fully saturated rings. The molecule has 228 valence electrons. The maximum absolute atomic E-state index is 13.4. The van der Waals surface area contributed by atoms with E-state index in [0.29, 0.717) is 35.3 Å². The van der Waals surface area contributed by atoms with Gasteiger partial charge in [-0.05, 0) is 62.1 Å². The maximum Gasteiger partial charge on any atom is 0.230 e. The molecular formula is C34H50N4O4+2. The lowest BCUT2D eigenvalue weighted by atomic mass is 9.83. The van der Waals surface area contributed by atoms with Crippen molar-refractivity contribution in [2.45, 2.75) is 66.2 Å². The Hall–Kier alpha value is -3.36. The molecule has 0 saturated heterocycles. The molecule has 0 aromatic heterocycles. The minimum absolute atomic E-state index is 0.106. The average Bonchev–Trinajstić information content (AvgIpc) is 2.94. The molecule has 0 saturated carbocycles. The molecule has 1 aliphatic carbocycles. The molecule has 8 heteroatoms. The van der Waals surface area contributed by atoms with Gasteiger partial charge in [0, 0.05) is 33.6 Å². The molecule has 2 N–H and O–H groups in total. The molecule has 0 atom stereocenters. The summed E-state index contributed by atoms with van der Waals surface area (Å²) in [4.78, 5) is 52.3. The smallest absolute Gasteiger partial charge is 0.230 e. The molecule has 8 nitrogen and oxygen atoms in total. The number of hydrogen-bond donors (Lipinski definition) is 2. The highest BCUT2D eigenvalue weighted by Crippen LogP contribution is 2.31. The van der Waals surface area contributed by atoms with Crippen molar-refractivity contribution >= 4 is 34.8 Å². The van der Waals surface area contributed by atoms with Crippen molar-refractivity contribution in [3.63, 3.8) is 0 Å². The van der Waals surface area contributed by atoms with Crippen molar-refractivity contribution in [3.8, 4) is 0 Å². The second-order valence-electron chi connectivity index (χ2n) is 12.4. The van der Waals surface area contributed by atoms with E-state index in [2.05, 4.69) is 52.4 Å². The minimum atomic E-state index is -0.268. The minimum Gasteiger partial charge on any atom is -0.326 e. The van der Waals surface area contributed by atoms with Gasteiger partial charge in [-0.3, -0.25) is 19.2 Å². The van der Waals surface area contributed by atoms with E-state index in [4.69, 9.17) is 0 Å². The van der Waals surface area contributed by atoms with Crippen molar-refractivity contribution in [2.24, 2.45) is 0 Å². The van der Waals surface area contributed by atoms with Crippen molar-refractivity contribution in [3.05, 3.63) is 58.7 Å². The second-order valence-corrected chi connectivity index (χ2v) is 12.4. The molecule has 0 unspecified atom stereocenters. The van der Waals surface area contributed by atoms with Crippen molar-refractivity contribution < 1.29 is 28.1 Å². The molecule has 0 spiro atoms. The summed E-state index contributed by atoms with van der Waals surface area (Å²) in [5, 5.41) is 5.83. The Bertz CT molecular complexity index is 1190. The summed E-state index contributed by atoms with van der Waals surface area (Å²) in [5.41, 5.74) is 2.17. The van der Waals surface area contributed by atoms with Crippen molar-refractivity contribution in [1.29, 1.82) is 0 Å². The van der Waals surface area contributed by atoms with Crippen LogP contribution in [-0.2, 0) is 9.59 Å². The summed E-state index contributed by atoms with van der Waals surface area (Å²) in [7, 11) is 4.38. The third-order valence-electron chi connectivity index (χ3n) is 8.40. The summed E-state index contributed by atoms with van der Waals surface area (Å²) in [6, 6.07) is 9.75. The zero-order chi connectivity index (χ0) is 30.9. The van der Waals surface area contributed by atoms with Crippen LogP contribution in [0.4, 0.5) is 11.4 Å². The number of nitrogens with zero attached hydrogens (tertiary/aromatic N) is 2. The van der Waals surface area contributed by atoms with E-state index >= 15 is 0 Å². The number of quaternary nitrogens is 2. The highest BCUT2D eigenvalue weighted by Gasteiger charge is 2.31. The van der Waals surface area contributed by atoms with E-state index in [1.54, 1.807) is 36.4 Å². The summed E-state index contributed by atoms with van der Waals surface area (Å²) >= 11 is 0. The number of amides is 2. The van der Waals surface area contributed by atoms with E-state index in [9.17, 15) is 19.2 Å². The van der Waals surface area contributed by atoms with Crippen LogP contribution in [-0.4, -0.2) is 85.7 Å². The topological polar surface area (TPSA) is 92.3 Å². The SMILES string of the molecule is CCC[N+](C)(CCC)CCC(=O)Nc1ccc2c(c1)C(=O)c1ccc(NC(=O)CC[N+](C)(CCC)CCC)cc1C2=O. The first-order chi connectivity index (χ1) is 20.0. The molecule has 2 amide bonds. The molecule has 1 aliphatic rings. The van der Waals surface area contributed by atoms with Gasteiger partial charge in [0.05, 0.1) is 66.2 Å². The first-order valence-corrected chi connectivity index (χ1v) is 15.6. The number of hydrogen-bond acceptors (Lipinski definition) is 4. The van der Waals surface area contributed by atoms with Gasteiger partial charge in [0.25, 0.3) is 0 Å². The second kappa shape index (κ2) is 14.7. The van der Waals surface area contributed by atoms with E-state index in [0.717, 1.165) is 73.9 Å². The third kappa shape index (κ3) is 8.35. The van der Waals surface area contributed by atoms with Gasteiger partial charge in [0.2, 0.25) is 11.8 Å².